The summed E-state index contributed by atoms with van der Waals surface area (Å²) in [6, 6.07) is 0.373. The molecule has 82 valence electrons. The molecule has 2 heteroatoms. The van der Waals surface area contributed by atoms with E-state index in [2.05, 4.69) is 25.3 Å². The molecule has 0 saturated carbocycles. The highest BCUT2D eigenvalue weighted by Crippen LogP contribution is 2.19. The first-order valence-electron chi connectivity index (χ1n) is 5.72. The molecule has 2 N–H and O–H groups in total. The zero-order valence-corrected chi connectivity index (χ0v) is 9.63. The Balaban J connectivity index is 2.19. The van der Waals surface area contributed by atoms with Crippen LogP contribution < -0.4 is 5.73 Å². The van der Waals surface area contributed by atoms with Crippen LogP contribution in [0.4, 0.5) is 0 Å². The van der Waals surface area contributed by atoms with E-state index in [1.165, 1.54) is 38.0 Å². The minimum Gasteiger partial charge on any atom is -0.328 e. The van der Waals surface area contributed by atoms with Crippen LogP contribution in [0.1, 0.15) is 33.1 Å². The normalized spacial score (nSPS) is 22.2. The molecular formula is C12H24N2. The standard InChI is InChI=1S/C12H24N2/c1-10(2)4-7-14-8-5-12(6-9-14)11(3)13/h11-12H,1,4-9,13H2,2-3H3. The first-order chi connectivity index (χ1) is 6.59. The van der Waals surface area contributed by atoms with Crippen LogP contribution in [0.2, 0.25) is 0 Å². The quantitative estimate of drug-likeness (QED) is 0.697. The highest BCUT2D eigenvalue weighted by atomic mass is 15.1. The van der Waals surface area contributed by atoms with Gasteiger partial charge in [0.15, 0.2) is 0 Å². The Morgan fingerprint density at radius 3 is 2.50 bits per heavy atom. The third-order valence-electron chi connectivity index (χ3n) is 3.23. The molecular weight excluding hydrogens is 172 g/mol. The fourth-order valence-corrected chi connectivity index (χ4v) is 2.05. The van der Waals surface area contributed by atoms with Crippen molar-refractivity contribution in [2.24, 2.45) is 11.7 Å². The van der Waals surface area contributed by atoms with Crippen LogP contribution in [0.5, 0.6) is 0 Å². The number of hydrogen-bond acceptors (Lipinski definition) is 2. The molecule has 14 heavy (non-hydrogen) atoms. The van der Waals surface area contributed by atoms with Gasteiger partial charge in [-0.05, 0) is 52.1 Å². The van der Waals surface area contributed by atoms with E-state index in [9.17, 15) is 0 Å². The second-order valence-electron chi connectivity index (χ2n) is 4.75. The third-order valence-corrected chi connectivity index (χ3v) is 3.23. The van der Waals surface area contributed by atoms with Crippen LogP contribution in [-0.4, -0.2) is 30.6 Å². The number of nitrogens with zero attached hydrogens (tertiary/aromatic N) is 1. The number of piperidine rings is 1. The molecule has 0 amide bonds. The molecule has 0 aromatic rings. The molecule has 1 fully saturated rings. The maximum atomic E-state index is 5.90. The minimum atomic E-state index is 0.373. The van der Waals surface area contributed by atoms with E-state index in [4.69, 9.17) is 5.73 Å². The summed E-state index contributed by atoms with van der Waals surface area (Å²) >= 11 is 0. The van der Waals surface area contributed by atoms with Crippen LogP contribution in [0.3, 0.4) is 0 Å². The third kappa shape index (κ3) is 3.81. The molecule has 1 rings (SSSR count). The Hall–Kier alpha value is -0.340. The molecule has 1 atom stereocenters. The molecule has 0 bridgehead atoms. The van der Waals surface area contributed by atoms with Crippen molar-refractivity contribution in [3.05, 3.63) is 12.2 Å². The lowest BCUT2D eigenvalue weighted by Crippen LogP contribution is -2.40. The first-order valence-corrected chi connectivity index (χ1v) is 5.72. The molecule has 0 aliphatic carbocycles. The van der Waals surface area contributed by atoms with Crippen molar-refractivity contribution < 1.29 is 0 Å². The summed E-state index contributed by atoms with van der Waals surface area (Å²) in [6.45, 7) is 11.8. The highest BCUT2D eigenvalue weighted by Gasteiger charge is 2.21. The zero-order valence-electron chi connectivity index (χ0n) is 9.63. The molecule has 0 aromatic heterocycles. The van der Waals surface area contributed by atoms with Gasteiger partial charge in [0.05, 0.1) is 0 Å². The lowest BCUT2D eigenvalue weighted by Gasteiger charge is -2.33. The van der Waals surface area contributed by atoms with Crippen molar-refractivity contribution in [1.82, 2.24) is 4.90 Å². The van der Waals surface area contributed by atoms with E-state index in [0.717, 1.165) is 12.3 Å². The van der Waals surface area contributed by atoms with Gasteiger partial charge in [0.1, 0.15) is 0 Å². The van der Waals surface area contributed by atoms with Crippen molar-refractivity contribution in [3.8, 4) is 0 Å². The lowest BCUT2D eigenvalue weighted by atomic mass is 9.91. The average Bonchev–Trinajstić information content (AvgIpc) is 2.15. The van der Waals surface area contributed by atoms with Gasteiger partial charge >= 0.3 is 0 Å². The van der Waals surface area contributed by atoms with E-state index < -0.39 is 0 Å². The maximum Gasteiger partial charge on any atom is 0.00397 e. The fourth-order valence-electron chi connectivity index (χ4n) is 2.05. The predicted octanol–water partition coefficient (Wildman–Crippen LogP) is 2.01. The van der Waals surface area contributed by atoms with E-state index in [0.29, 0.717) is 6.04 Å². The number of nitrogens with two attached hydrogens (primary N) is 1. The van der Waals surface area contributed by atoms with Gasteiger partial charge in [0, 0.05) is 12.6 Å². The molecule has 1 unspecified atom stereocenters. The summed E-state index contributed by atoms with van der Waals surface area (Å²) < 4.78 is 0. The van der Waals surface area contributed by atoms with Gasteiger partial charge < -0.3 is 10.6 Å². The van der Waals surface area contributed by atoms with Crippen LogP contribution >= 0.6 is 0 Å². The van der Waals surface area contributed by atoms with E-state index >= 15 is 0 Å². The summed E-state index contributed by atoms with van der Waals surface area (Å²) in [5.41, 5.74) is 7.19. The van der Waals surface area contributed by atoms with Crippen LogP contribution in [0, 0.1) is 5.92 Å². The van der Waals surface area contributed by atoms with Crippen molar-refractivity contribution in [2.45, 2.75) is 39.2 Å². The molecule has 0 radical (unpaired) electrons. The van der Waals surface area contributed by atoms with Crippen molar-refractivity contribution in [2.75, 3.05) is 19.6 Å². The second kappa shape index (κ2) is 5.52. The average molecular weight is 196 g/mol. The van der Waals surface area contributed by atoms with Crippen molar-refractivity contribution in [3.63, 3.8) is 0 Å². The van der Waals surface area contributed by atoms with Gasteiger partial charge in [-0.2, -0.15) is 0 Å². The molecule has 0 aromatic carbocycles. The number of rotatable bonds is 4. The van der Waals surface area contributed by atoms with E-state index in [-0.39, 0.29) is 0 Å². The van der Waals surface area contributed by atoms with Gasteiger partial charge in [-0.3, -0.25) is 0 Å². The summed E-state index contributed by atoms with van der Waals surface area (Å²) in [4.78, 5) is 2.54. The smallest absolute Gasteiger partial charge is 0.00397 e. The lowest BCUT2D eigenvalue weighted by molar-refractivity contribution is 0.174. The summed E-state index contributed by atoms with van der Waals surface area (Å²) in [5, 5.41) is 0. The van der Waals surface area contributed by atoms with Gasteiger partial charge in [-0.15, -0.1) is 6.58 Å². The monoisotopic (exact) mass is 196 g/mol. The maximum absolute atomic E-state index is 5.90. The molecule has 1 aliphatic heterocycles. The van der Waals surface area contributed by atoms with Crippen molar-refractivity contribution in [1.29, 1.82) is 0 Å². The second-order valence-corrected chi connectivity index (χ2v) is 4.75. The zero-order chi connectivity index (χ0) is 10.6. The SMILES string of the molecule is C=C(C)CCN1CCC(C(C)N)CC1. The van der Waals surface area contributed by atoms with Gasteiger partial charge in [-0.1, -0.05) is 5.57 Å². The summed E-state index contributed by atoms with van der Waals surface area (Å²) in [7, 11) is 0. The molecule has 1 heterocycles. The number of likely N-dealkylation sites (tertiary alicyclic amines) is 1. The molecule has 0 spiro atoms. The first kappa shape index (κ1) is 11.7. The summed E-state index contributed by atoms with van der Waals surface area (Å²) in [5.74, 6) is 0.746. The minimum absolute atomic E-state index is 0.373. The largest absolute Gasteiger partial charge is 0.328 e. The molecule has 1 saturated heterocycles. The Morgan fingerprint density at radius 2 is 2.07 bits per heavy atom. The fraction of sp³-hybridized carbons (Fsp3) is 0.833. The van der Waals surface area contributed by atoms with E-state index in [1.807, 2.05) is 0 Å². The van der Waals surface area contributed by atoms with Crippen LogP contribution in [0.25, 0.3) is 0 Å². The topological polar surface area (TPSA) is 29.3 Å². The Morgan fingerprint density at radius 1 is 1.50 bits per heavy atom. The van der Waals surface area contributed by atoms with E-state index in [1.54, 1.807) is 0 Å². The Kier molecular flexibility index (Phi) is 4.63. The Labute approximate surface area is 88.2 Å². The Bertz CT molecular complexity index is 179. The molecule has 1 aliphatic rings. The van der Waals surface area contributed by atoms with Crippen LogP contribution in [-0.2, 0) is 0 Å². The van der Waals surface area contributed by atoms with Gasteiger partial charge in [0.2, 0.25) is 0 Å². The summed E-state index contributed by atoms with van der Waals surface area (Å²) in [6.07, 6.45) is 3.69. The van der Waals surface area contributed by atoms with Gasteiger partial charge in [-0.25, -0.2) is 0 Å². The van der Waals surface area contributed by atoms with Gasteiger partial charge in [0.25, 0.3) is 0 Å². The van der Waals surface area contributed by atoms with Crippen molar-refractivity contribution >= 4 is 0 Å². The molecule has 2 nitrogen and oxygen atoms in total. The number of hydrogen-bond donors (Lipinski definition) is 1. The van der Waals surface area contributed by atoms with Crippen LogP contribution in [0.15, 0.2) is 12.2 Å². The predicted molar refractivity (Wildman–Crippen MR) is 62.2 cm³/mol. The highest BCUT2D eigenvalue weighted by molar-refractivity contribution is 4.89.